The van der Waals surface area contributed by atoms with Crippen LogP contribution in [0.15, 0.2) is 15.6 Å². The number of carbonyl (C=O) groups is 1. The summed E-state index contributed by atoms with van der Waals surface area (Å²) >= 11 is 0. The van der Waals surface area contributed by atoms with Gasteiger partial charge in [-0.3, -0.25) is 9.69 Å². The van der Waals surface area contributed by atoms with Gasteiger partial charge < -0.3 is 20.5 Å². The summed E-state index contributed by atoms with van der Waals surface area (Å²) in [6.45, 7) is 7.66. The highest BCUT2D eigenvalue weighted by Crippen LogP contribution is 2.10. The Morgan fingerprint density at radius 3 is 2.69 bits per heavy atom. The summed E-state index contributed by atoms with van der Waals surface area (Å²) in [5, 5.41) is 13.4. The molecular weight excluding hydrogens is 447 g/mol. The molecule has 1 fully saturated rings. The van der Waals surface area contributed by atoms with Crippen LogP contribution in [0, 0.1) is 0 Å². The second kappa shape index (κ2) is 12.1. The van der Waals surface area contributed by atoms with Gasteiger partial charge in [-0.2, -0.15) is 0 Å². The van der Waals surface area contributed by atoms with Gasteiger partial charge in [0.2, 0.25) is 5.91 Å². The Labute approximate surface area is 172 Å². The van der Waals surface area contributed by atoms with Crippen molar-refractivity contribution < 1.29 is 9.32 Å². The first-order chi connectivity index (χ1) is 12.1. The molecule has 1 aromatic rings. The van der Waals surface area contributed by atoms with Crippen molar-refractivity contribution in [2.75, 3.05) is 33.2 Å². The molecule has 3 N–H and O–H groups in total. The van der Waals surface area contributed by atoms with Crippen molar-refractivity contribution in [2.45, 2.75) is 45.7 Å². The molecule has 1 aliphatic heterocycles. The van der Waals surface area contributed by atoms with Gasteiger partial charge in [-0.15, -0.1) is 24.0 Å². The number of halogens is 1. The molecule has 0 bridgehead atoms. The maximum Gasteiger partial charge on any atom is 0.233 e. The smallest absolute Gasteiger partial charge is 0.233 e. The standard InChI is InChI=1S/C17H30N6O2.HI/c1-4-13-10-15(25-22-13)11-20-17(19-5-2)21-14-6-8-23(9-7-14)12-16(24)18-3;/h10,14H,4-9,11-12H2,1-3H3,(H,18,24)(H2,19,20,21);1H. The van der Waals surface area contributed by atoms with Gasteiger partial charge in [0.05, 0.1) is 12.2 Å². The van der Waals surface area contributed by atoms with E-state index in [4.69, 9.17) is 4.52 Å². The molecule has 1 aromatic heterocycles. The Morgan fingerprint density at radius 1 is 1.38 bits per heavy atom. The number of likely N-dealkylation sites (tertiary alicyclic amines) is 1. The Kier molecular flexibility index (Phi) is 10.6. The van der Waals surface area contributed by atoms with Crippen molar-refractivity contribution >= 4 is 35.8 Å². The highest BCUT2D eigenvalue weighted by atomic mass is 127. The molecule has 0 aliphatic carbocycles. The van der Waals surface area contributed by atoms with E-state index in [0.29, 0.717) is 19.1 Å². The third-order valence-corrected chi connectivity index (χ3v) is 4.28. The highest BCUT2D eigenvalue weighted by Gasteiger charge is 2.21. The SMILES string of the molecule is CCNC(=NCc1cc(CC)no1)NC1CCN(CC(=O)NC)CC1.I. The van der Waals surface area contributed by atoms with E-state index in [0.717, 1.165) is 56.3 Å². The number of nitrogens with one attached hydrogen (secondary N) is 3. The number of hydrogen-bond donors (Lipinski definition) is 3. The molecule has 1 amide bonds. The molecule has 1 saturated heterocycles. The zero-order valence-electron chi connectivity index (χ0n) is 15.9. The zero-order chi connectivity index (χ0) is 18.1. The fourth-order valence-electron chi connectivity index (χ4n) is 2.78. The third-order valence-electron chi connectivity index (χ3n) is 4.28. The lowest BCUT2D eigenvalue weighted by molar-refractivity contribution is -0.122. The van der Waals surface area contributed by atoms with E-state index < -0.39 is 0 Å². The number of nitrogens with zero attached hydrogens (tertiary/aromatic N) is 3. The van der Waals surface area contributed by atoms with Gasteiger partial charge >= 0.3 is 0 Å². The van der Waals surface area contributed by atoms with Crippen LogP contribution in [-0.2, 0) is 17.8 Å². The van der Waals surface area contributed by atoms with Crippen molar-refractivity contribution in [3.05, 3.63) is 17.5 Å². The first-order valence-electron chi connectivity index (χ1n) is 9.06. The van der Waals surface area contributed by atoms with Gasteiger partial charge in [-0.25, -0.2) is 4.99 Å². The molecule has 0 aromatic carbocycles. The predicted molar refractivity (Wildman–Crippen MR) is 113 cm³/mol. The van der Waals surface area contributed by atoms with Crippen molar-refractivity contribution in [1.29, 1.82) is 0 Å². The molecule has 148 valence electrons. The average molecular weight is 478 g/mol. The van der Waals surface area contributed by atoms with E-state index in [1.165, 1.54) is 0 Å². The van der Waals surface area contributed by atoms with Crippen LogP contribution in [0.4, 0.5) is 0 Å². The van der Waals surface area contributed by atoms with Crippen LogP contribution in [0.25, 0.3) is 0 Å². The van der Waals surface area contributed by atoms with Gasteiger partial charge in [-0.1, -0.05) is 12.1 Å². The van der Waals surface area contributed by atoms with Crippen molar-refractivity contribution in [3.63, 3.8) is 0 Å². The molecule has 2 heterocycles. The molecule has 0 atom stereocenters. The summed E-state index contributed by atoms with van der Waals surface area (Å²) in [4.78, 5) is 18.2. The van der Waals surface area contributed by atoms with E-state index >= 15 is 0 Å². The number of piperidine rings is 1. The van der Waals surface area contributed by atoms with Crippen LogP contribution in [0.3, 0.4) is 0 Å². The number of hydrogen-bond acceptors (Lipinski definition) is 5. The third kappa shape index (κ3) is 7.48. The van der Waals surface area contributed by atoms with Crippen LogP contribution in [0.1, 0.15) is 38.1 Å². The first-order valence-corrected chi connectivity index (χ1v) is 9.06. The fourth-order valence-corrected chi connectivity index (χ4v) is 2.78. The molecule has 0 saturated carbocycles. The summed E-state index contributed by atoms with van der Waals surface area (Å²) in [6.07, 6.45) is 2.84. The largest absolute Gasteiger partial charge is 0.359 e. The first kappa shape index (κ1) is 22.7. The Bertz CT molecular complexity index is 569. The van der Waals surface area contributed by atoms with Crippen LogP contribution < -0.4 is 16.0 Å². The topological polar surface area (TPSA) is 94.8 Å². The number of guanidine groups is 1. The summed E-state index contributed by atoms with van der Waals surface area (Å²) < 4.78 is 5.28. The lowest BCUT2D eigenvalue weighted by atomic mass is 10.1. The number of aromatic nitrogens is 1. The maximum atomic E-state index is 11.5. The summed E-state index contributed by atoms with van der Waals surface area (Å²) in [5.74, 6) is 1.64. The lowest BCUT2D eigenvalue weighted by Crippen LogP contribution is -2.50. The zero-order valence-corrected chi connectivity index (χ0v) is 18.2. The minimum atomic E-state index is 0. The number of carbonyl (C=O) groups excluding carboxylic acids is 1. The normalized spacial score (nSPS) is 16.0. The Hall–Kier alpha value is -1.36. The predicted octanol–water partition coefficient (Wildman–Crippen LogP) is 1.12. The van der Waals surface area contributed by atoms with Crippen molar-refractivity contribution in [2.24, 2.45) is 4.99 Å². The quantitative estimate of drug-likeness (QED) is 0.309. The minimum absolute atomic E-state index is 0. The number of aliphatic imine (C=N–C) groups is 1. The van der Waals surface area contributed by atoms with Crippen LogP contribution in [0.5, 0.6) is 0 Å². The molecule has 1 aliphatic rings. The van der Waals surface area contributed by atoms with E-state index in [-0.39, 0.29) is 29.9 Å². The van der Waals surface area contributed by atoms with Crippen molar-refractivity contribution in [3.8, 4) is 0 Å². The van der Waals surface area contributed by atoms with Gasteiger partial charge in [0, 0.05) is 38.8 Å². The Morgan fingerprint density at radius 2 is 2.12 bits per heavy atom. The molecule has 0 unspecified atom stereocenters. The van der Waals surface area contributed by atoms with Gasteiger partial charge in [0.15, 0.2) is 11.7 Å². The molecule has 2 rings (SSSR count). The van der Waals surface area contributed by atoms with Crippen LogP contribution >= 0.6 is 24.0 Å². The number of rotatable bonds is 7. The van der Waals surface area contributed by atoms with Crippen molar-refractivity contribution in [1.82, 2.24) is 26.0 Å². The fraction of sp³-hybridized carbons (Fsp3) is 0.706. The second-order valence-electron chi connectivity index (χ2n) is 6.20. The summed E-state index contributed by atoms with van der Waals surface area (Å²) in [7, 11) is 1.67. The highest BCUT2D eigenvalue weighted by molar-refractivity contribution is 14.0. The number of aryl methyl sites for hydroxylation is 1. The molecule has 0 radical (unpaired) electrons. The van der Waals surface area contributed by atoms with Gasteiger partial charge in [0.25, 0.3) is 0 Å². The summed E-state index contributed by atoms with van der Waals surface area (Å²) in [6, 6.07) is 2.31. The van der Waals surface area contributed by atoms with E-state index in [1.54, 1.807) is 7.05 Å². The minimum Gasteiger partial charge on any atom is -0.359 e. The second-order valence-corrected chi connectivity index (χ2v) is 6.20. The van der Waals surface area contributed by atoms with Gasteiger partial charge in [-0.05, 0) is 26.2 Å². The molecule has 0 spiro atoms. The molecule has 8 nitrogen and oxygen atoms in total. The number of amides is 1. The molecule has 9 heteroatoms. The van der Waals surface area contributed by atoms with Gasteiger partial charge in [0.1, 0.15) is 6.54 Å². The van der Waals surface area contributed by atoms with E-state index in [2.05, 4.69) is 31.0 Å². The molecular formula is C17H31IN6O2. The van der Waals surface area contributed by atoms with Crippen LogP contribution in [0.2, 0.25) is 0 Å². The number of likely N-dealkylation sites (N-methyl/N-ethyl adjacent to an activating group) is 1. The average Bonchev–Trinajstić information content (AvgIpc) is 3.09. The maximum absolute atomic E-state index is 11.5. The van der Waals surface area contributed by atoms with Crippen LogP contribution in [-0.4, -0.2) is 61.2 Å². The lowest BCUT2D eigenvalue weighted by Gasteiger charge is -2.32. The monoisotopic (exact) mass is 478 g/mol. The Balaban J connectivity index is 0.00000338. The van der Waals surface area contributed by atoms with E-state index in [9.17, 15) is 4.79 Å². The molecule has 26 heavy (non-hydrogen) atoms. The summed E-state index contributed by atoms with van der Waals surface area (Å²) in [5.41, 5.74) is 0.951. The van der Waals surface area contributed by atoms with E-state index in [1.807, 2.05) is 19.9 Å².